The van der Waals surface area contributed by atoms with Crippen molar-refractivity contribution in [2.45, 2.75) is 25.4 Å². The van der Waals surface area contributed by atoms with Crippen molar-refractivity contribution in [2.75, 3.05) is 24.7 Å². The maximum absolute atomic E-state index is 11.4. The Morgan fingerprint density at radius 2 is 2.25 bits per heavy atom. The van der Waals surface area contributed by atoms with Crippen LogP contribution in [0.2, 0.25) is 0 Å². The third kappa shape index (κ3) is 5.37. The SMILES string of the molecule is O=C(O)CCSCCNC(=O)C1CCCO1. The molecule has 16 heavy (non-hydrogen) atoms. The van der Waals surface area contributed by atoms with Crippen LogP contribution in [0.25, 0.3) is 0 Å². The first-order valence-electron chi connectivity index (χ1n) is 5.39. The smallest absolute Gasteiger partial charge is 0.304 e. The number of hydrogen-bond acceptors (Lipinski definition) is 4. The van der Waals surface area contributed by atoms with E-state index in [1.54, 1.807) is 0 Å². The molecule has 1 fully saturated rings. The van der Waals surface area contributed by atoms with E-state index >= 15 is 0 Å². The second-order valence-electron chi connectivity index (χ2n) is 3.55. The normalized spacial score (nSPS) is 19.6. The summed E-state index contributed by atoms with van der Waals surface area (Å²) in [4.78, 5) is 21.7. The average molecular weight is 247 g/mol. The Labute approximate surface area is 98.9 Å². The lowest BCUT2D eigenvalue weighted by Crippen LogP contribution is -2.35. The van der Waals surface area contributed by atoms with Gasteiger partial charge in [-0.3, -0.25) is 9.59 Å². The summed E-state index contributed by atoms with van der Waals surface area (Å²) in [5.74, 6) is 0.504. The number of amides is 1. The van der Waals surface area contributed by atoms with E-state index in [1.807, 2.05) is 0 Å². The molecule has 0 aromatic heterocycles. The van der Waals surface area contributed by atoms with Crippen molar-refractivity contribution in [3.8, 4) is 0 Å². The molecule has 1 rings (SSSR count). The zero-order valence-electron chi connectivity index (χ0n) is 9.11. The van der Waals surface area contributed by atoms with Crippen LogP contribution in [0.15, 0.2) is 0 Å². The fraction of sp³-hybridized carbons (Fsp3) is 0.800. The number of rotatable bonds is 7. The molecular weight excluding hydrogens is 230 g/mol. The lowest BCUT2D eigenvalue weighted by atomic mass is 10.2. The first-order chi connectivity index (χ1) is 7.70. The van der Waals surface area contributed by atoms with Crippen LogP contribution in [0.5, 0.6) is 0 Å². The summed E-state index contributed by atoms with van der Waals surface area (Å²) >= 11 is 1.53. The predicted octanol–water partition coefficient (Wildman–Crippen LogP) is 0.489. The molecule has 1 heterocycles. The number of aliphatic carboxylic acids is 1. The highest BCUT2D eigenvalue weighted by Crippen LogP contribution is 2.11. The predicted molar refractivity (Wildman–Crippen MR) is 61.6 cm³/mol. The fourth-order valence-corrected chi connectivity index (χ4v) is 2.18. The molecule has 6 heteroatoms. The zero-order valence-corrected chi connectivity index (χ0v) is 9.92. The van der Waals surface area contributed by atoms with Crippen molar-refractivity contribution < 1.29 is 19.4 Å². The van der Waals surface area contributed by atoms with E-state index in [-0.39, 0.29) is 18.4 Å². The van der Waals surface area contributed by atoms with Gasteiger partial charge in [0.1, 0.15) is 6.10 Å². The summed E-state index contributed by atoms with van der Waals surface area (Å²) in [5, 5.41) is 11.2. The van der Waals surface area contributed by atoms with Gasteiger partial charge in [0.15, 0.2) is 0 Å². The molecule has 1 aliphatic rings. The molecule has 0 aromatic carbocycles. The van der Waals surface area contributed by atoms with E-state index < -0.39 is 5.97 Å². The van der Waals surface area contributed by atoms with E-state index in [1.165, 1.54) is 11.8 Å². The summed E-state index contributed by atoms with van der Waals surface area (Å²) < 4.78 is 5.23. The number of hydrogen-bond donors (Lipinski definition) is 2. The van der Waals surface area contributed by atoms with Gasteiger partial charge in [0.25, 0.3) is 0 Å². The van der Waals surface area contributed by atoms with Gasteiger partial charge in [0, 0.05) is 24.7 Å². The Bertz CT molecular complexity index is 241. The van der Waals surface area contributed by atoms with Gasteiger partial charge in [-0.1, -0.05) is 0 Å². The zero-order chi connectivity index (χ0) is 11.8. The lowest BCUT2D eigenvalue weighted by molar-refractivity contribution is -0.136. The Hall–Kier alpha value is -0.750. The van der Waals surface area contributed by atoms with E-state index in [4.69, 9.17) is 9.84 Å². The molecule has 1 aliphatic heterocycles. The Morgan fingerprint density at radius 3 is 2.88 bits per heavy atom. The molecule has 0 saturated carbocycles. The van der Waals surface area contributed by atoms with Gasteiger partial charge in [-0.15, -0.1) is 0 Å². The van der Waals surface area contributed by atoms with Crippen molar-refractivity contribution >= 4 is 23.6 Å². The molecule has 1 unspecified atom stereocenters. The lowest BCUT2D eigenvalue weighted by Gasteiger charge is -2.09. The number of carboxylic acids is 1. The van der Waals surface area contributed by atoms with Gasteiger partial charge in [0.2, 0.25) is 5.91 Å². The Balaban J connectivity index is 1.94. The second-order valence-corrected chi connectivity index (χ2v) is 4.77. The van der Waals surface area contributed by atoms with Crippen LogP contribution in [0.1, 0.15) is 19.3 Å². The number of nitrogens with one attached hydrogen (secondary N) is 1. The first kappa shape index (κ1) is 13.3. The van der Waals surface area contributed by atoms with E-state index in [0.29, 0.717) is 18.9 Å². The Kier molecular flexibility index (Phi) is 6.25. The van der Waals surface area contributed by atoms with Gasteiger partial charge >= 0.3 is 5.97 Å². The third-order valence-electron chi connectivity index (χ3n) is 2.23. The van der Waals surface area contributed by atoms with Crippen molar-refractivity contribution in [2.24, 2.45) is 0 Å². The quantitative estimate of drug-likeness (QED) is 0.640. The highest BCUT2D eigenvalue weighted by atomic mass is 32.2. The summed E-state index contributed by atoms with van der Waals surface area (Å²) in [6.45, 7) is 1.24. The van der Waals surface area contributed by atoms with Gasteiger partial charge in [-0.2, -0.15) is 11.8 Å². The van der Waals surface area contributed by atoms with Gasteiger partial charge in [0.05, 0.1) is 6.42 Å². The maximum Gasteiger partial charge on any atom is 0.304 e. The van der Waals surface area contributed by atoms with E-state index in [2.05, 4.69) is 5.32 Å². The summed E-state index contributed by atoms with van der Waals surface area (Å²) in [5.41, 5.74) is 0. The second kappa shape index (κ2) is 7.51. The van der Waals surface area contributed by atoms with Gasteiger partial charge < -0.3 is 15.2 Å². The molecule has 1 saturated heterocycles. The molecule has 0 spiro atoms. The fourth-order valence-electron chi connectivity index (χ4n) is 1.41. The topological polar surface area (TPSA) is 75.6 Å². The molecule has 0 radical (unpaired) electrons. The molecule has 1 amide bonds. The minimum absolute atomic E-state index is 0.0451. The van der Waals surface area contributed by atoms with Crippen LogP contribution in [-0.4, -0.2) is 47.7 Å². The number of carbonyl (C=O) groups excluding carboxylic acids is 1. The van der Waals surface area contributed by atoms with Crippen molar-refractivity contribution in [3.63, 3.8) is 0 Å². The highest BCUT2D eigenvalue weighted by Gasteiger charge is 2.22. The largest absolute Gasteiger partial charge is 0.481 e. The number of thioether (sulfide) groups is 1. The standard InChI is InChI=1S/C10H17NO4S/c12-9(13)3-6-16-7-4-11-10(14)8-2-1-5-15-8/h8H,1-7H2,(H,11,14)(H,12,13). The number of carboxylic acid groups (broad SMARTS) is 1. The molecular formula is C10H17NO4S. The molecule has 0 aromatic rings. The minimum Gasteiger partial charge on any atom is -0.481 e. The minimum atomic E-state index is -0.782. The molecule has 92 valence electrons. The molecule has 0 bridgehead atoms. The van der Waals surface area contributed by atoms with E-state index in [9.17, 15) is 9.59 Å². The van der Waals surface area contributed by atoms with E-state index in [0.717, 1.165) is 18.6 Å². The summed E-state index contributed by atoms with van der Waals surface area (Å²) in [6, 6.07) is 0. The first-order valence-corrected chi connectivity index (χ1v) is 6.54. The van der Waals surface area contributed by atoms with Crippen molar-refractivity contribution in [1.82, 2.24) is 5.32 Å². The van der Waals surface area contributed by atoms with Crippen LogP contribution in [0.3, 0.4) is 0 Å². The summed E-state index contributed by atoms with van der Waals surface area (Å²) in [7, 11) is 0. The molecule has 2 N–H and O–H groups in total. The third-order valence-corrected chi connectivity index (χ3v) is 3.21. The van der Waals surface area contributed by atoms with Crippen LogP contribution < -0.4 is 5.32 Å². The summed E-state index contributed by atoms with van der Waals surface area (Å²) in [6.07, 6.45) is 1.65. The molecule has 1 atom stereocenters. The molecule has 5 nitrogen and oxygen atoms in total. The van der Waals surface area contributed by atoms with Crippen LogP contribution in [-0.2, 0) is 14.3 Å². The maximum atomic E-state index is 11.4. The average Bonchev–Trinajstić information content (AvgIpc) is 2.75. The van der Waals surface area contributed by atoms with Crippen LogP contribution in [0.4, 0.5) is 0 Å². The number of carbonyl (C=O) groups is 2. The van der Waals surface area contributed by atoms with Crippen molar-refractivity contribution in [3.05, 3.63) is 0 Å². The van der Waals surface area contributed by atoms with Gasteiger partial charge in [-0.25, -0.2) is 0 Å². The van der Waals surface area contributed by atoms with Gasteiger partial charge in [-0.05, 0) is 12.8 Å². The van der Waals surface area contributed by atoms with Crippen molar-refractivity contribution in [1.29, 1.82) is 0 Å². The highest BCUT2D eigenvalue weighted by molar-refractivity contribution is 7.99. The van der Waals surface area contributed by atoms with Crippen LogP contribution >= 0.6 is 11.8 Å². The Morgan fingerprint density at radius 1 is 1.44 bits per heavy atom. The molecule has 0 aliphatic carbocycles. The number of ether oxygens (including phenoxy) is 1. The monoisotopic (exact) mass is 247 g/mol. The van der Waals surface area contributed by atoms with Crippen LogP contribution in [0, 0.1) is 0 Å².